The van der Waals surface area contributed by atoms with Crippen LogP contribution in [0.1, 0.15) is 35.9 Å². The van der Waals surface area contributed by atoms with Crippen molar-refractivity contribution in [2.45, 2.75) is 40.0 Å². The fourth-order valence-electron chi connectivity index (χ4n) is 2.69. The topological polar surface area (TPSA) is 62.5 Å². The maximum atomic E-state index is 6.21. The summed E-state index contributed by atoms with van der Waals surface area (Å²) in [6, 6.07) is 5.62. The van der Waals surface area contributed by atoms with Crippen LogP contribution >= 0.6 is 47.2 Å². The molecule has 1 heterocycles. The molecule has 0 saturated carbocycles. The van der Waals surface area contributed by atoms with Crippen LogP contribution in [0.3, 0.4) is 0 Å². The van der Waals surface area contributed by atoms with Crippen LogP contribution in [0, 0.1) is 13.8 Å². The zero-order valence-corrected chi connectivity index (χ0v) is 19.8. The van der Waals surface area contributed by atoms with Gasteiger partial charge in [-0.25, -0.2) is 0 Å². The summed E-state index contributed by atoms with van der Waals surface area (Å²) in [6.45, 7) is 8.28. The maximum absolute atomic E-state index is 6.21. The zero-order valence-electron chi connectivity index (χ0n) is 15.9. The Morgan fingerprint density at radius 1 is 1.19 bits per heavy atom. The average Bonchev–Trinajstić information content (AvgIpc) is 2.92. The number of benzene rings is 1. The van der Waals surface area contributed by atoms with Gasteiger partial charge in [0.25, 0.3) is 0 Å². The first-order chi connectivity index (χ1) is 12.5. The molecule has 1 aromatic heterocycles. The van der Waals surface area contributed by atoms with Crippen LogP contribution in [0.2, 0.25) is 10.0 Å². The van der Waals surface area contributed by atoms with Crippen LogP contribution in [0.5, 0.6) is 0 Å². The van der Waals surface area contributed by atoms with E-state index in [1.54, 1.807) is 6.07 Å². The van der Waals surface area contributed by atoms with Crippen LogP contribution in [-0.2, 0) is 12.8 Å². The Hall–Kier alpha value is -0.990. The summed E-state index contributed by atoms with van der Waals surface area (Å²) in [5, 5.41) is 12.0. The summed E-state index contributed by atoms with van der Waals surface area (Å²) in [5.41, 5.74) is 3.21. The van der Waals surface area contributed by atoms with Gasteiger partial charge in [0.2, 0.25) is 0 Å². The molecule has 2 rings (SSSR count). The first kappa shape index (κ1) is 24.0. The highest BCUT2D eigenvalue weighted by atomic mass is 127. The monoisotopic (exact) mass is 524 g/mol. The van der Waals surface area contributed by atoms with Gasteiger partial charge in [0.15, 0.2) is 5.96 Å². The minimum Gasteiger partial charge on any atom is -0.361 e. The lowest BCUT2D eigenvalue weighted by Crippen LogP contribution is -2.38. The number of nitrogens with one attached hydrogen (secondary N) is 2. The van der Waals surface area contributed by atoms with Crippen molar-refractivity contribution < 1.29 is 4.52 Å². The number of guanidine groups is 1. The highest BCUT2D eigenvalue weighted by molar-refractivity contribution is 14.0. The second kappa shape index (κ2) is 12.5. The molecule has 0 saturated heterocycles. The van der Waals surface area contributed by atoms with E-state index in [0.717, 1.165) is 67.4 Å². The largest absolute Gasteiger partial charge is 0.361 e. The van der Waals surface area contributed by atoms with E-state index < -0.39 is 0 Å². The Bertz CT molecular complexity index is 730. The van der Waals surface area contributed by atoms with E-state index in [9.17, 15) is 0 Å². The normalized spacial score (nSPS) is 11.2. The van der Waals surface area contributed by atoms with Crippen LogP contribution in [0.15, 0.2) is 27.7 Å². The molecule has 0 aliphatic rings. The number of rotatable bonds is 8. The standard InChI is InChI=1S/C19H26Cl2N4O.HI/c1-4-22-19(24-11-9-17-13(2)25-26-14(17)3)23-10-5-6-15-7-8-16(20)12-18(15)21;/h7-8,12H,4-6,9-11H2,1-3H3,(H2,22,23,24);1H. The Morgan fingerprint density at radius 2 is 1.96 bits per heavy atom. The van der Waals surface area contributed by atoms with Gasteiger partial charge in [0.05, 0.1) is 5.69 Å². The summed E-state index contributed by atoms with van der Waals surface area (Å²) in [5.74, 6) is 1.70. The molecule has 150 valence electrons. The first-order valence-corrected chi connectivity index (χ1v) is 9.64. The van der Waals surface area contributed by atoms with Crippen molar-refractivity contribution in [3.63, 3.8) is 0 Å². The number of aryl methyl sites for hydroxylation is 3. The molecule has 0 spiro atoms. The molecule has 0 atom stereocenters. The molecule has 0 amide bonds. The Kier molecular flexibility index (Phi) is 11.1. The Morgan fingerprint density at radius 3 is 2.59 bits per heavy atom. The maximum Gasteiger partial charge on any atom is 0.191 e. The zero-order chi connectivity index (χ0) is 18.9. The van der Waals surface area contributed by atoms with Gasteiger partial charge in [-0.05, 0) is 57.7 Å². The fraction of sp³-hybridized carbons (Fsp3) is 0.474. The van der Waals surface area contributed by atoms with Crippen molar-refractivity contribution in [1.29, 1.82) is 0 Å². The molecular formula is C19H27Cl2IN4O. The van der Waals surface area contributed by atoms with Gasteiger partial charge >= 0.3 is 0 Å². The number of aromatic nitrogens is 1. The van der Waals surface area contributed by atoms with E-state index in [2.05, 4.69) is 27.7 Å². The van der Waals surface area contributed by atoms with Gasteiger partial charge in [0.1, 0.15) is 5.76 Å². The average molecular weight is 525 g/mol. The van der Waals surface area contributed by atoms with E-state index in [1.165, 1.54) is 0 Å². The minimum absolute atomic E-state index is 0. The number of nitrogens with zero attached hydrogens (tertiary/aromatic N) is 2. The van der Waals surface area contributed by atoms with Gasteiger partial charge in [-0.3, -0.25) is 4.99 Å². The third-order valence-corrected chi connectivity index (χ3v) is 4.67. The lowest BCUT2D eigenvalue weighted by Gasteiger charge is -2.11. The summed E-state index contributed by atoms with van der Waals surface area (Å²) in [7, 11) is 0. The molecule has 8 heteroatoms. The summed E-state index contributed by atoms with van der Waals surface area (Å²) < 4.78 is 5.20. The van der Waals surface area contributed by atoms with E-state index in [-0.39, 0.29) is 24.0 Å². The molecule has 0 bridgehead atoms. The minimum atomic E-state index is 0. The first-order valence-electron chi connectivity index (χ1n) is 8.89. The van der Waals surface area contributed by atoms with Gasteiger partial charge in [-0.2, -0.15) is 0 Å². The molecule has 0 radical (unpaired) electrons. The van der Waals surface area contributed by atoms with Gasteiger partial charge in [0, 0.05) is 35.2 Å². The second-order valence-corrected chi connectivity index (χ2v) is 6.92. The van der Waals surface area contributed by atoms with E-state index >= 15 is 0 Å². The van der Waals surface area contributed by atoms with Crippen LogP contribution < -0.4 is 10.6 Å². The third-order valence-electron chi connectivity index (χ3n) is 4.08. The van der Waals surface area contributed by atoms with Crippen molar-refractivity contribution >= 4 is 53.1 Å². The number of hydrogen-bond donors (Lipinski definition) is 2. The smallest absolute Gasteiger partial charge is 0.191 e. The molecule has 0 unspecified atom stereocenters. The molecule has 0 aliphatic heterocycles. The Labute approximate surface area is 188 Å². The predicted octanol–water partition coefficient (Wildman–Crippen LogP) is 4.95. The molecule has 2 aromatic rings. The summed E-state index contributed by atoms with van der Waals surface area (Å²) >= 11 is 12.1. The number of hydrogen-bond acceptors (Lipinski definition) is 3. The molecule has 0 fully saturated rings. The van der Waals surface area contributed by atoms with Gasteiger partial charge in [-0.15, -0.1) is 24.0 Å². The lowest BCUT2D eigenvalue weighted by molar-refractivity contribution is 0.392. The third kappa shape index (κ3) is 7.87. The van der Waals surface area contributed by atoms with Gasteiger partial charge in [-0.1, -0.05) is 34.4 Å². The highest BCUT2D eigenvalue weighted by Crippen LogP contribution is 2.22. The van der Waals surface area contributed by atoms with Crippen LogP contribution in [0.25, 0.3) is 0 Å². The Balaban J connectivity index is 0.00000364. The van der Waals surface area contributed by atoms with Crippen LogP contribution in [-0.4, -0.2) is 30.8 Å². The van der Waals surface area contributed by atoms with Crippen molar-refractivity contribution in [2.24, 2.45) is 4.99 Å². The van der Waals surface area contributed by atoms with Crippen LogP contribution in [0.4, 0.5) is 0 Å². The fourth-order valence-corrected chi connectivity index (χ4v) is 3.19. The van der Waals surface area contributed by atoms with Crippen molar-refractivity contribution in [1.82, 2.24) is 15.8 Å². The molecular weight excluding hydrogens is 498 g/mol. The SMILES string of the molecule is CCNC(=NCCCc1ccc(Cl)cc1Cl)NCCc1c(C)noc1C.I. The van der Waals surface area contributed by atoms with E-state index in [4.69, 9.17) is 27.7 Å². The second-order valence-electron chi connectivity index (χ2n) is 6.08. The van der Waals surface area contributed by atoms with E-state index in [1.807, 2.05) is 26.0 Å². The predicted molar refractivity (Wildman–Crippen MR) is 124 cm³/mol. The molecule has 1 aromatic carbocycles. The van der Waals surface area contributed by atoms with Crippen molar-refractivity contribution in [3.8, 4) is 0 Å². The van der Waals surface area contributed by atoms with E-state index in [0.29, 0.717) is 10.0 Å². The molecule has 0 aliphatic carbocycles. The summed E-state index contributed by atoms with van der Waals surface area (Å²) in [4.78, 5) is 4.63. The molecule has 27 heavy (non-hydrogen) atoms. The summed E-state index contributed by atoms with van der Waals surface area (Å²) in [6.07, 6.45) is 2.64. The van der Waals surface area contributed by atoms with Crippen molar-refractivity contribution in [3.05, 3.63) is 50.8 Å². The number of aliphatic imine (C=N–C) groups is 1. The quantitative estimate of drug-likeness (QED) is 0.222. The van der Waals surface area contributed by atoms with Crippen molar-refractivity contribution in [2.75, 3.05) is 19.6 Å². The molecule has 2 N–H and O–H groups in total. The molecule has 5 nitrogen and oxygen atoms in total. The number of halogens is 3. The van der Waals surface area contributed by atoms with Gasteiger partial charge < -0.3 is 15.2 Å². The lowest BCUT2D eigenvalue weighted by atomic mass is 10.1. The highest BCUT2D eigenvalue weighted by Gasteiger charge is 2.08.